The molecule has 15 aromatic rings. The van der Waals surface area contributed by atoms with Gasteiger partial charge in [0.2, 0.25) is 0 Å². The summed E-state index contributed by atoms with van der Waals surface area (Å²) in [4.78, 5) is 4.76. The van der Waals surface area contributed by atoms with E-state index < -0.39 is 5.41 Å². The summed E-state index contributed by atoms with van der Waals surface area (Å²) in [6.45, 7) is 5.19. The first-order chi connectivity index (χ1) is 48.9. The molecule has 0 heterocycles. The Morgan fingerprint density at radius 1 is 0.354 bits per heavy atom. The van der Waals surface area contributed by atoms with Gasteiger partial charge < -0.3 is 14.5 Å². The van der Waals surface area contributed by atoms with Crippen molar-refractivity contribution < 1.29 is 4.74 Å². The number of hydrogen-bond acceptors (Lipinski definition) is 3. The summed E-state index contributed by atoms with van der Waals surface area (Å²) >= 11 is 0. The molecule has 3 nitrogen and oxygen atoms in total. The normalized spacial score (nSPS) is 13.2. The number of hydrogen-bond donors (Lipinski definition) is 0. The predicted molar refractivity (Wildman–Crippen MR) is 415 cm³/mol. The van der Waals surface area contributed by atoms with Gasteiger partial charge in [0.1, 0.15) is 12.4 Å². The van der Waals surface area contributed by atoms with E-state index in [-0.39, 0.29) is 0 Å². The van der Waals surface area contributed by atoms with E-state index in [1.54, 1.807) is 0 Å². The van der Waals surface area contributed by atoms with E-state index >= 15 is 0 Å². The lowest BCUT2D eigenvalue weighted by molar-refractivity contribution is 0.306. The topological polar surface area (TPSA) is 15.7 Å². The van der Waals surface area contributed by atoms with Crippen LogP contribution in [0.5, 0.6) is 5.75 Å². The zero-order valence-corrected chi connectivity index (χ0v) is 56.0. The SMILES string of the molecule is CCC(CC(C)c1ccc(-c2ccc3c(c2)CC3)cc1)c1ccc(COc2ccc(C3(c4ccccc4)c4cc(-c5ccc(N(c6ccccc6)c6cccc7ccccc67)cc5)ccc4-c4ccc(-c5ccc(N(c6ccccc6)c6cccc7ccccc67)cc5)cc43)cc2)cc1. The molecule has 0 fully saturated rings. The van der Waals surface area contributed by atoms with E-state index in [2.05, 4.69) is 375 Å². The maximum atomic E-state index is 6.75. The molecule has 0 aliphatic heterocycles. The van der Waals surface area contributed by atoms with Gasteiger partial charge in [-0.2, -0.15) is 0 Å². The fourth-order valence-corrected chi connectivity index (χ4v) is 15.9. The van der Waals surface area contributed by atoms with Gasteiger partial charge in [-0.15, -0.1) is 0 Å². The van der Waals surface area contributed by atoms with Crippen LogP contribution in [0.25, 0.3) is 66.1 Å². The van der Waals surface area contributed by atoms with Crippen molar-refractivity contribution >= 4 is 55.7 Å². The van der Waals surface area contributed by atoms with Gasteiger partial charge in [0.15, 0.2) is 0 Å². The quantitative estimate of drug-likeness (QED) is 0.0802. The van der Waals surface area contributed by atoms with E-state index in [1.807, 2.05) is 0 Å². The first-order valence-corrected chi connectivity index (χ1v) is 35.2. The minimum absolute atomic E-state index is 0.442. The molecule has 0 saturated heterocycles. The Morgan fingerprint density at radius 3 is 1.28 bits per heavy atom. The molecule has 2 aliphatic rings. The Labute approximate surface area is 582 Å². The lowest BCUT2D eigenvalue weighted by Gasteiger charge is -2.34. The zero-order chi connectivity index (χ0) is 66.2. The Balaban J connectivity index is 0.705. The van der Waals surface area contributed by atoms with Crippen LogP contribution in [0.1, 0.15) is 88.6 Å². The molecule has 17 rings (SSSR count). The highest BCUT2D eigenvalue weighted by Crippen LogP contribution is 2.58. The second kappa shape index (κ2) is 26.3. The zero-order valence-electron chi connectivity index (χ0n) is 56.0. The Kier molecular flexibility index (Phi) is 16.2. The highest BCUT2D eigenvalue weighted by atomic mass is 16.5. The van der Waals surface area contributed by atoms with Gasteiger partial charge in [-0.05, 0) is 228 Å². The second-order valence-corrected chi connectivity index (χ2v) is 27.0. The van der Waals surface area contributed by atoms with E-state index in [4.69, 9.17) is 4.74 Å². The molecule has 3 heteroatoms. The van der Waals surface area contributed by atoms with Crippen molar-refractivity contribution in [3.63, 3.8) is 0 Å². The molecule has 15 aromatic carbocycles. The molecular weight excluding hydrogens is 1200 g/mol. The van der Waals surface area contributed by atoms with Gasteiger partial charge in [0.25, 0.3) is 0 Å². The smallest absolute Gasteiger partial charge is 0.119 e. The lowest BCUT2D eigenvalue weighted by Crippen LogP contribution is -2.28. The van der Waals surface area contributed by atoms with Crippen LogP contribution < -0.4 is 14.5 Å². The molecule has 476 valence electrons. The minimum atomic E-state index is -0.706. The summed E-state index contributed by atoms with van der Waals surface area (Å²) in [5, 5.41) is 4.82. The van der Waals surface area contributed by atoms with E-state index in [0.717, 1.165) is 80.5 Å². The third-order valence-corrected chi connectivity index (χ3v) is 21.3. The molecule has 99 heavy (non-hydrogen) atoms. The van der Waals surface area contributed by atoms with Gasteiger partial charge in [0, 0.05) is 33.5 Å². The van der Waals surface area contributed by atoms with E-state index in [0.29, 0.717) is 18.4 Å². The first kappa shape index (κ1) is 60.9. The van der Waals surface area contributed by atoms with Gasteiger partial charge >= 0.3 is 0 Å². The Bertz CT molecular complexity index is 5150. The largest absolute Gasteiger partial charge is 0.489 e. The van der Waals surface area contributed by atoms with Crippen molar-refractivity contribution in [2.75, 3.05) is 9.80 Å². The van der Waals surface area contributed by atoms with Crippen LogP contribution in [0.4, 0.5) is 34.1 Å². The lowest BCUT2D eigenvalue weighted by atomic mass is 9.67. The predicted octanol–water partition coefficient (Wildman–Crippen LogP) is 25.7. The minimum Gasteiger partial charge on any atom is -0.489 e. The van der Waals surface area contributed by atoms with Crippen LogP contribution in [0.15, 0.2) is 352 Å². The third kappa shape index (κ3) is 11.4. The number of anilines is 6. The molecule has 0 aromatic heterocycles. The highest BCUT2D eigenvalue weighted by Gasteiger charge is 2.46. The van der Waals surface area contributed by atoms with Crippen molar-refractivity contribution in [2.24, 2.45) is 0 Å². The maximum absolute atomic E-state index is 6.75. The fourth-order valence-electron chi connectivity index (χ4n) is 15.9. The molecule has 2 atom stereocenters. The molecule has 0 bridgehead atoms. The third-order valence-electron chi connectivity index (χ3n) is 21.3. The molecule has 0 saturated carbocycles. The monoisotopic (exact) mass is 1270 g/mol. The highest BCUT2D eigenvalue weighted by molar-refractivity contribution is 6.01. The number of para-hydroxylation sites is 2. The number of benzene rings is 15. The van der Waals surface area contributed by atoms with Crippen molar-refractivity contribution in [1.82, 2.24) is 0 Å². The summed E-state index contributed by atoms with van der Waals surface area (Å²) in [6.07, 6.45) is 4.61. The summed E-state index contributed by atoms with van der Waals surface area (Å²) in [5.41, 5.74) is 27.5. The average Bonchev–Trinajstić information content (AvgIpc) is 1.54. The van der Waals surface area contributed by atoms with Gasteiger partial charge in [-0.3, -0.25) is 0 Å². The maximum Gasteiger partial charge on any atom is 0.119 e. The second-order valence-electron chi connectivity index (χ2n) is 27.0. The molecule has 0 N–H and O–H groups in total. The number of aryl methyl sites for hydroxylation is 2. The first-order valence-electron chi connectivity index (χ1n) is 35.2. The van der Waals surface area contributed by atoms with Crippen molar-refractivity contribution in [3.8, 4) is 50.3 Å². The Morgan fingerprint density at radius 2 is 0.778 bits per heavy atom. The summed E-state index contributed by atoms with van der Waals surface area (Å²) in [6, 6.07) is 130. The van der Waals surface area contributed by atoms with Gasteiger partial charge in [0.05, 0.1) is 16.8 Å². The molecular formula is C96H76N2O. The molecule has 0 amide bonds. The average molecular weight is 1270 g/mol. The molecule has 2 aliphatic carbocycles. The number of ether oxygens (including phenoxy) is 1. The summed E-state index contributed by atoms with van der Waals surface area (Å²) in [5.74, 6) is 1.73. The number of nitrogens with zero attached hydrogens (tertiary/aromatic N) is 2. The number of rotatable bonds is 19. The summed E-state index contributed by atoms with van der Waals surface area (Å²) in [7, 11) is 0. The Hall–Kier alpha value is -11.8. The van der Waals surface area contributed by atoms with Gasteiger partial charge in [-0.1, -0.05) is 281 Å². The molecule has 0 spiro atoms. The molecule has 0 radical (unpaired) electrons. The van der Waals surface area contributed by atoms with Crippen LogP contribution in [0.3, 0.4) is 0 Å². The van der Waals surface area contributed by atoms with E-state index in [9.17, 15) is 0 Å². The van der Waals surface area contributed by atoms with Crippen LogP contribution in [-0.2, 0) is 24.9 Å². The van der Waals surface area contributed by atoms with Crippen LogP contribution in [0, 0.1) is 0 Å². The van der Waals surface area contributed by atoms with Crippen molar-refractivity contribution in [2.45, 2.75) is 63.4 Å². The van der Waals surface area contributed by atoms with Crippen molar-refractivity contribution in [3.05, 3.63) is 402 Å². The van der Waals surface area contributed by atoms with Crippen LogP contribution >= 0.6 is 0 Å². The van der Waals surface area contributed by atoms with Crippen LogP contribution in [0.2, 0.25) is 0 Å². The fraction of sp³-hybridized carbons (Fsp3) is 0.104. The van der Waals surface area contributed by atoms with Crippen LogP contribution in [-0.4, -0.2) is 0 Å². The summed E-state index contributed by atoms with van der Waals surface area (Å²) < 4.78 is 6.75. The van der Waals surface area contributed by atoms with Gasteiger partial charge in [-0.25, -0.2) is 0 Å². The standard InChI is InChI=1S/C96H76N2O/c1-3-68(61-66(2)69-37-39-71(40-38-69)77-43-41-72-42-44-78(72)62-77)70-35-33-67(34-36-70)65-99-87-57-51-82(52-58-87)96(81-23-7-4-8-24-81)92-63-79(73-45-53-85(54-46-73)97(83-25-9-5-10-26-83)94-31-17-21-75-19-13-15-29-88(75)94)49-59-90(92)91-60-50-80(64-93(91)96)74-47-55-86(56-48-74)98(84-27-11-6-12-28-84)95-32-18-22-76-20-14-16-30-89(76)95/h4-41,43,45-60,62-64,66,68H,3,42,44,61,65H2,1-2H3. The number of fused-ring (bicyclic) bond motifs is 6. The van der Waals surface area contributed by atoms with Crippen molar-refractivity contribution in [1.29, 1.82) is 0 Å². The molecule has 2 unspecified atom stereocenters. The van der Waals surface area contributed by atoms with E-state index in [1.165, 1.54) is 101 Å².